The fourth-order valence-corrected chi connectivity index (χ4v) is 3.94. The Balaban J connectivity index is 1.18. The van der Waals surface area contributed by atoms with Gasteiger partial charge >= 0.3 is 12.1 Å². The topological polar surface area (TPSA) is 92.3 Å². The molecule has 2 aromatic carbocycles. The third-order valence-corrected chi connectivity index (χ3v) is 5.58. The Labute approximate surface area is 206 Å². The summed E-state index contributed by atoms with van der Waals surface area (Å²) in [5, 5.41) is 2.78. The average molecular weight is 486 g/mol. The van der Waals surface area contributed by atoms with Gasteiger partial charge in [-0.25, -0.2) is 4.79 Å². The molecule has 8 nitrogen and oxygen atoms in total. The molecule has 0 saturated carbocycles. The monoisotopic (exact) mass is 485 g/mol. The van der Waals surface area contributed by atoms with Gasteiger partial charge in [0.25, 0.3) is 0 Å². The van der Waals surface area contributed by atoms with Gasteiger partial charge in [0.2, 0.25) is 0 Å². The summed E-state index contributed by atoms with van der Waals surface area (Å²) in [6, 6.07) is 16.5. The highest BCUT2D eigenvalue weighted by molar-refractivity contribution is 5.79. The van der Waals surface area contributed by atoms with Gasteiger partial charge in [-0.2, -0.15) is 0 Å². The van der Waals surface area contributed by atoms with Crippen molar-refractivity contribution >= 4 is 12.1 Å². The maximum absolute atomic E-state index is 12.1. The summed E-state index contributed by atoms with van der Waals surface area (Å²) in [6.45, 7) is 5.57. The number of benzene rings is 2. The highest BCUT2D eigenvalue weighted by atomic mass is 16.6. The highest BCUT2D eigenvalue weighted by Crippen LogP contribution is 2.44. The van der Waals surface area contributed by atoms with Crippen LogP contribution < -0.4 is 5.32 Å². The Kier molecular flexibility index (Phi) is 11.5. The minimum Gasteiger partial charge on any atom is -0.466 e. The first kappa shape index (κ1) is 26.7. The Bertz CT molecular complexity index is 888. The SMILES string of the molecule is CCOC(=O)CCOCCOCCOCCCNC(=O)OCC1c2ccccc2-c2ccccc21. The van der Waals surface area contributed by atoms with E-state index in [1.54, 1.807) is 6.92 Å². The van der Waals surface area contributed by atoms with Gasteiger partial charge < -0.3 is 29.0 Å². The number of nitrogens with one attached hydrogen (secondary N) is 1. The van der Waals surface area contributed by atoms with E-state index in [1.807, 2.05) is 24.3 Å². The maximum atomic E-state index is 12.1. The van der Waals surface area contributed by atoms with Crippen molar-refractivity contribution in [2.45, 2.75) is 25.7 Å². The number of carbonyl (C=O) groups excluding carboxylic acids is 2. The number of ether oxygens (including phenoxy) is 5. The molecule has 1 amide bonds. The minimum absolute atomic E-state index is 0.0550. The third-order valence-electron chi connectivity index (χ3n) is 5.58. The Morgan fingerprint density at radius 1 is 0.771 bits per heavy atom. The van der Waals surface area contributed by atoms with E-state index in [9.17, 15) is 9.59 Å². The maximum Gasteiger partial charge on any atom is 0.407 e. The number of esters is 1. The molecule has 0 bridgehead atoms. The van der Waals surface area contributed by atoms with E-state index >= 15 is 0 Å². The van der Waals surface area contributed by atoms with Crippen LogP contribution in [0.25, 0.3) is 11.1 Å². The normalized spacial score (nSPS) is 12.1. The molecule has 190 valence electrons. The van der Waals surface area contributed by atoms with Crippen LogP contribution in [0.5, 0.6) is 0 Å². The van der Waals surface area contributed by atoms with E-state index in [0.29, 0.717) is 65.8 Å². The third kappa shape index (κ3) is 8.65. The first-order valence-corrected chi connectivity index (χ1v) is 12.2. The molecule has 35 heavy (non-hydrogen) atoms. The van der Waals surface area contributed by atoms with Gasteiger partial charge in [0.15, 0.2) is 0 Å². The van der Waals surface area contributed by atoms with Crippen LogP contribution in [0, 0.1) is 0 Å². The zero-order valence-corrected chi connectivity index (χ0v) is 20.3. The van der Waals surface area contributed by atoms with E-state index < -0.39 is 6.09 Å². The summed E-state index contributed by atoms with van der Waals surface area (Å²) in [5.41, 5.74) is 4.81. The first-order chi connectivity index (χ1) is 17.2. The molecule has 2 aromatic rings. The van der Waals surface area contributed by atoms with Crippen LogP contribution >= 0.6 is 0 Å². The van der Waals surface area contributed by atoms with Gasteiger partial charge in [0, 0.05) is 19.1 Å². The van der Waals surface area contributed by atoms with Crippen LogP contribution in [0.15, 0.2) is 48.5 Å². The van der Waals surface area contributed by atoms with Gasteiger partial charge in [-0.3, -0.25) is 4.79 Å². The van der Waals surface area contributed by atoms with Crippen molar-refractivity contribution in [3.05, 3.63) is 59.7 Å². The molecule has 0 saturated heterocycles. The molecule has 1 aliphatic rings. The van der Waals surface area contributed by atoms with Crippen molar-refractivity contribution in [2.24, 2.45) is 0 Å². The number of rotatable bonds is 16. The second-order valence-corrected chi connectivity index (χ2v) is 8.00. The molecule has 1 aliphatic carbocycles. The summed E-state index contributed by atoms with van der Waals surface area (Å²) in [4.78, 5) is 23.3. The van der Waals surface area contributed by atoms with Crippen molar-refractivity contribution in [2.75, 3.05) is 59.4 Å². The summed E-state index contributed by atoms with van der Waals surface area (Å²) >= 11 is 0. The van der Waals surface area contributed by atoms with Gasteiger partial charge in [-0.1, -0.05) is 48.5 Å². The number of fused-ring (bicyclic) bond motifs is 3. The second-order valence-electron chi connectivity index (χ2n) is 8.00. The number of amides is 1. The molecular formula is C27H35NO7. The molecular weight excluding hydrogens is 450 g/mol. The fourth-order valence-electron chi connectivity index (χ4n) is 3.94. The standard InChI is InChI=1S/C27H35NO7/c1-2-34-26(29)12-15-32-17-19-33-18-16-31-14-7-13-28-27(30)35-20-25-23-10-5-3-8-21(23)22-9-4-6-11-24(22)25/h3-6,8-11,25H,2,7,12-20H2,1H3,(H,28,30). The van der Waals surface area contributed by atoms with Crippen molar-refractivity contribution in [3.8, 4) is 11.1 Å². The molecule has 0 radical (unpaired) electrons. The molecule has 0 spiro atoms. The molecule has 0 aliphatic heterocycles. The van der Waals surface area contributed by atoms with E-state index in [2.05, 4.69) is 29.6 Å². The van der Waals surface area contributed by atoms with E-state index in [1.165, 1.54) is 22.3 Å². The number of alkyl carbamates (subject to hydrolysis) is 1. The number of carbonyl (C=O) groups is 2. The van der Waals surface area contributed by atoms with Gasteiger partial charge in [-0.05, 0) is 35.6 Å². The highest BCUT2D eigenvalue weighted by Gasteiger charge is 2.28. The van der Waals surface area contributed by atoms with E-state index in [4.69, 9.17) is 23.7 Å². The summed E-state index contributed by atoms with van der Waals surface area (Å²) in [7, 11) is 0. The second kappa shape index (κ2) is 15.1. The van der Waals surface area contributed by atoms with Gasteiger partial charge in [0.05, 0.1) is 46.1 Å². The predicted molar refractivity (Wildman–Crippen MR) is 131 cm³/mol. The van der Waals surface area contributed by atoms with Crippen LogP contribution in [0.3, 0.4) is 0 Å². The number of hydrogen-bond donors (Lipinski definition) is 1. The van der Waals surface area contributed by atoms with Gasteiger partial charge in [0.1, 0.15) is 6.61 Å². The van der Waals surface area contributed by atoms with Crippen LogP contribution in [-0.2, 0) is 28.5 Å². The summed E-state index contributed by atoms with van der Waals surface area (Å²) in [5.74, 6) is -0.200. The molecule has 0 atom stereocenters. The first-order valence-electron chi connectivity index (χ1n) is 12.2. The quantitative estimate of drug-likeness (QED) is 0.285. The molecule has 0 fully saturated rings. The molecule has 8 heteroatoms. The van der Waals surface area contributed by atoms with E-state index in [0.717, 1.165) is 0 Å². The Morgan fingerprint density at radius 2 is 1.34 bits per heavy atom. The lowest BCUT2D eigenvalue weighted by atomic mass is 9.98. The largest absolute Gasteiger partial charge is 0.466 e. The van der Waals surface area contributed by atoms with Crippen molar-refractivity contribution < 1.29 is 33.3 Å². The lowest BCUT2D eigenvalue weighted by Crippen LogP contribution is -2.27. The predicted octanol–water partition coefficient (Wildman–Crippen LogP) is 3.92. The van der Waals surface area contributed by atoms with Crippen LogP contribution in [-0.4, -0.2) is 71.5 Å². The van der Waals surface area contributed by atoms with Crippen molar-refractivity contribution in [3.63, 3.8) is 0 Å². The molecule has 1 N–H and O–H groups in total. The van der Waals surface area contributed by atoms with Gasteiger partial charge in [-0.15, -0.1) is 0 Å². The van der Waals surface area contributed by atoms with Crippen molar-refractivity contribution in [1.29, 1.82) is 0 Å². The molecule has 3 rings (SSSR count). The molecule has 0 heterocycles. The summed E-state index contributed by atoms with van der Waals surface area (Å²) < 4.78 is 26.5. The van der Waals surface area contributed by atoms with Crippen LogP contribution in [0.4, 0.5) is 4.79 Å². The lowest BCUT2D eigenvalue weighted by Gasteiger charge is -2.14. The van der Waals surface area contributed by atoms with Crippen LogP contribution in [0.1, 0.15) is 36.8 Å². The smallest absolute Gasteiger partial charge is 0.407 e. The zero-order valence-electron chi connectivity index (χ0n) is 20.3. The van der Waals surface area contributed by atoms with E-state index in [-0.39, 0.29) is 18.3 Å². The number of hydrogen-bond acceptors (Lipinski definition) is 7. The van der Waals surface area contributed by atoms with Crippen LogP contribution in [0.2, 0.25) is 0 Å². The molecule has 0 unspecified atom stereocenters. The lowest BCUT2D eigenvalue weighted by molar-refractivity contribution is -0.144. The van der Waals surface area contributed by atoms with Crippen molar-refractivity contribution in [1.82, 2.24) is 5.32 Å². The molecule has 0 aromatic heterocycles. The zero-order chi connectivity index (χ0) is 24.7. The minimum atomic E-state index is -0.418. The Hall–Kier alpha value is -2.94. The summed E-state index contributed by atoms with van der Waals surface area (Å²) in [6.07, 6.45) is 0.514. The average Bonchev–Trinajstić information content (AvgIpc) is 3.19. The Morgan fingerprint density at radius 3 is 1.97 bits per heavy atom. The fraction of sp³-hybridized carbons (Fsp3) is 0.481.